The number of aryl methyl sites for hydroxylation is 1. The number of benzene rings is 1. The van der Waals surface area contributed by atoms with Crippen LogP contribution in [-0.4, -0.2) is 29.6 Å². The van der Waals surface area contributed by atoms with Crippen LogP contribution in [0.2, 0.25) is 0 Å². The van der Waals surface area contributed by atoms with Crippen LogP contribution in [0.4, 0.5) is 5.69 Å². The lowest BCUT2D eigenvalue weighted by Gasteiger charge is -2.15. The van der Waals surface area contributed by atoms with E-state index in [2.05, 4.69) is 10.3 Å². The van der Waals surface area contributed by atoms with Crippen molar-refractivity contribution in [3.63, 3.8) is 0 Å². The molecule has 0 spiro atoms. The van der Waals surface area contributed by atoms with Crippen LogP contribution < -0.4 is 16.8 Å². The summed E-state index contributed by atoms with van der Waals surface area (Å²) in [5.74, 6) is -0.858. The van der Waals surface area contributed by atoms with Crippen molar-refractivity contribution in [2.45, 2.75) is 25.8 Å². The summed E-state index contributed by atoms with van der Waals surface area (Å²) in [6.07, 6.45) is 1.06. The maximum absolute atomic E-state index is 11.2. The van der Waals surface area contributed by atoms with Gasteiger partial charge in [0.2, 0.25) is 0 Å². The van der Waals surface area contributed by atoms with Crippen LogP contribution in [-0.2, 0) is 4.79 Å². The number of guanidine groups is 1. The molecule has 1 aromatic carbocycles. The quantitative estimate of drug-likeness (QED) is 0.332. The van der Waals surface area contributed by atoms with Crippen molar-refractivity contribution >= 4 is 17.6 Å². The molecule has 0 amide bonds. The molecule has 6 heteroatoms. The fourth-order valence-corrected chi connectivity index (χ4v) is 1.61. The van der Waals surface area contributed by atoms with E-state index < -0.39 is 12.0 Å². The maximum Gasteiger partial charge on any atom is 0.326 e. The van der Waals surface area contributed by atoms with Crippen molar-refractivity contribution in [2.24, 2.45) is 16.5 Å². The van der Waals surface area contributed by atoms with E-state index >= 15 is 0 Å². The molecule has 0 fully saturated rings. The third-order valence-corrected chi connectivity index (χ3v) is 2.64. The SMILES string of the molecule is Cc1ccc(NC(CCCN=C(N)N)C(=O)O)cc1. The Labute approximate surface area is 112 Å². The zero-order chi connectivity index (χ0) is 14.3. The van der Waals surface area contributed by atoms with Gasteiger partial charge < -0.3 is 21.9 Å². The Hall–Kier alpha value is -2.24. The Morgan fingerprint density at radius 3 is 2.53 bits per heavy atom. The molecule has 0 saturated heterocycles. The van der Waals surface area contributed by atoms with Gasteiger partial charge in [-0.25, -0.2) is 4.79 Å². The predicted molar refractivity (Wildman–Crippen MR) is 76.1 cm³/mol. The van der Waals surface area contributed by atoms with E-state index in [0.29, 0.717) is 19.4 Å². The number of carbonyl (C=O) groups is 1. The second-order valence-corrected chi connectivity index (χ2v) is 4.35. The Bertz CT molecular complexity index is 438. The number of rotatable bonds is 7. The lowest BCUT2D eigenvalue weighted by Crippen LogP contribution is -2.29. The number of carboxylic acid groups (broad SMARTS) is 1. The predicted octanol–water partition coefficient (Wildman–Crippen LogP) is 0.914. The van der Waals surface area contributed by atoms with Gasteiger partial charge in [-0.3, -0.25) is 4.99 Å². The van der Waals surface area contributed by atoms with E-state index in [9.17, 15) is 4.79 Å². The Morgan fingerprint density at radius 2 is 2.00 bits per heavy atom. The first-order valence-corrected chi connectivity index (χ1v) is 6.10. The van der Waals surface area contributed by atoms with Gasteiger partial charge in [0.15, 0.2) is 5.96 Å². The molecule has 0 aliphatic heterocycles. The summed E-state index contributed by atoms with van der Waals surface area (Å²) >= 11 is 0. The van der Waals surface area contributed by atoms with Crippen molar-refractivity contribution in [1.82, 2.24) is 0 Å². The first-order chi connectivity index (χ1) is 8.99. The van der Waals surface area contributed by atoms with E-state index in [1.165, 1.54) is 0 Å². The molecule has 0 saturated carbocycles. The van der Waals surface area contributed by atoms with Crippen LogP contribution in [0.25, 0.3) is 0 Å². The molecule has 1 unspecified atom stereocenters. The highest BCUT2D eigenvalue weighted by Gasteiger charge is 2.16. The van der Waals surface area contributed by atoms with E-state index in [0.717, 1.165) is 11.3 Å². The zero-order valence-corrected chi connectivity index (χ0v) is 11.0. The Balaban J connectivity index is 2.51. The molecule has 104 valence electrons. The third-order valence-electron chi connectivity index (χ3n) is 2.64. The number of nitrogens with two attached hydrogens (primary N) is 2. The molecule has 0 aliphatic rings. The van der Waals surface area contributed by atoms with Crippen LogP contribution >= 0.6 is 0 Å². The number of hydrogen-bond donors (Lipinski definition) is 4. The smallest absolute Gasteiger partial charge is 0.326 e. The highest BCUT2D eigenvalue weighted by atomic mass is 16.4. The van der Waals surface area contributed by atoms with Crippen LogP contribution in [0.5, 0.6) is 0 Å². The standard InChI is InChI=1S/C13H20N4O2/c1-9-4-6-10(7-5-9)17-11(12(18)19)3-2-8-16-13(14)15/h4-7,11,17H,2-3,8H2,1H3,(H,18,19)(H4,14,15,16). The third kappa shape index (κ3) is 5.76. The number of nitrogens with zero attached hydrogens (tertiary/aromatic N) is 1. The molecule has 0 radical (unpaired) electrons. The van der Waals surface area contributed by atoms with Gasteiger partial charge in [-0.1, -0.05) is 17.7 Å². The van der Waals surface area contributed by atoms with Crippen molar-refractivity contribution in [1.29, 1.82) is 0 Å². The molecule has 19 heavy (non-hydrogen) atoms. The Kier molecular flexibility index (Phi) is 5.66. The van der Waals surface area contributed by atoms with Gasteiger partial charge in [0.05, 0.1) is 0 Å². The molecule has 0 aliphatic carbocycles. The number of aliphatic imine (C=N–C) groups is 1. The van der Waals surface area contributed by atoms with Crippen molar-refractivity contribution in [3.8, 4) is 0 Å². The highest BCUT2D eigenvalue weighted by molar-refractivity contribution is 5.77. The molecular formula is C13H20N4O2. The molecule has 1 atom stereocenters. The van der Waals surface area contributed by atoms with E-state index in [1.807, 2.05) is 31.2 Å². The maximum atomic E-state index is 11.2. The minimum atomic E-state index is -0.884. The summed E-state index contributed by atoms with van der Waals surface area (Å²) in [5, 5.41) is 12.1. The molecule has 0 aromatic heterocycles. The lowest BCUT2D eigenvalue weighted by atomic mass is 10.1. The summed E-state index contributed by atoms with van der Waals surface area (Å²) in [6.45, 7) is 2.41. The molecule has 0 bridgehead atoms. The fraction of sp³-hybridized carbons (Fsp3) is 0.385. The average molecular weight is 264 g/mol. The zero-order valence-electron chi connectivity index (χ0n) is 11.0. The van der Waals surface area contributed by atoms with Gasteiger partial charge in [0, 0.05) is 12.2 Å². The summed E-state index contributed by atoms with van der Waals surface area (Å²) in [5.41, 5.74) is 12.3. The fourth-order valence-electron chi connectivity index (χ4n) is 1.61. The Morgan fingerprint density at radius 1 is 1.37 bits per heavy atom. The second-order valence-electron chi connectivity index (χ2n) is 4.35. The van der Waals surface area contributed by atoms with E-state index in [1.54, 1.807) is 0 Å². The molecule has 0 heterocycles. The summed E-state index contributed by atoms with van der Waals surface area (Å²) < 4.78 is 0. The first-order valence-electron chi connectivity index (χ1n) is 6.10. The molecular weight excluding hydrogens is 244 g/mol. The largest absolute Gasteiger partial charge is 0.480 e. The van der Waals surface area contributed by atoms with Crippen LogP contribution in [0, 0.1) is 6.92 Å². The second kappa shape index (κ2) is 7.25. The summed E-state index contributed by atoms with van der Waals surface area (Å²) in [6, 6.07) is 6.95. The normalized spacial score (nSPS) is 11.6. The number of nitrogens with one attached hydrogen (secondary N) is 1. The van der Waals surface area contributed by atoms with Crippen molar-refractivity contribution < 1.29 is 9.90 Å². The first kappa shape index (κ1) is 14.8. The van der Waals surface area contributed by atoms with Gasteiger partial charge in [0.25, 0.3) is 0 Å². The number of aliphatic carboxylic acids is 1. The number of anilines is 1. The van der Waals surface area contributed by atoms with Crippen LogP contribution in [0.1, 0.15) is 18.4 Å². The highest BCUT2D eigenvalue weighted by Crippen LogP contribution is 2.12. The van der Waals surface area contributed by atoms with Gasteiger partial charge in [-0.05, 0) is 31.9 Å². The number of carboxylic acids is 1. The monoisotopic (exact) mass is 264 g/mol. The minimum absolute atomic E-state index is 0.0263. The topological polar surface area (TPSA) is 114 Å². The number of hydrogen-bond acceptors (Lipinski definition) is 3. The van der Waals surface area contributed by atoms with Crippen molar-refractivity contribution in [3.05, 3.63) is 29.8 Å². The molecule has 6 nitrogen and oxygen atoms in total. The average Bonchev–Trinajstić information content (AvgIpc) is 2.35. The summed E-state index contributed by atoms with van der Waals surface area (Å²) in [7, 11) is 0. The van der Waals surface area contributed by atoms with E-state index in [4.69, 9.17) is 16.6 Å². The van der Waals surface area contributed by atoms with Crippen molar-refractivity contribution in [2.75, 3.05) is 11.9 Å². The van der Waals surface area contributed by atoms with Gasteiger partial charge in [-0.15, -0.1) is 0 Å². The van der Waals surface area contributed by atoms with Crippen LogP contribution in [0.15, 0.2) is 29.3 Å². The lowest BCUT2D eigenvalue weighted by molar-refractivity contribution is -0.138. The van der Waals surface area contributed by atoms with Gasteiger partial charge >= 0.3 is 5.97 Å². The van der Waals surface area contributed by atoms with Crippen LogP contribution in [0.3, 0.4) is 0 Å². The van der Waals surface area contributed by atoms with Gasteiger partial charge in [0.1, 0.15) is 6.04 Å². The van der Waals surface area contributed by atoms with E-state index in [-0.39, 0.29) is 5.96 Å². The molecule has 1 aromatic rings. The van der Waals surface area contributed by atoms with Gasteiger partial charge in [-0.2, -0.15) is 0 Å². The summed E-state index contributed by atoms with van der Waals surface area (Å²) in [4.78, 5) is 15.0. The minimum Gasteiger partial charge on any atom is -0.480 e. The molecule has 1 rings (SSSR count). The molecule has 6 N–H and O–H groups in total.